The normalized spacial score (nSPS) is 19.7. The first-order valence-electron chi connectivity index (χ1n) is 12.5. The molecule has 3 aromatic carbocycles. The fourth-order valence-corrected chi connectivity index (χ4v) is 4.33. The summed E-state index contributed by atoms with van der Waals surface area (Å²) in [6.07, 6.45) is -3.97. The van der Waals surface area contributed by atoms with Gasteiger partial charge >= 0.3 is 23.6 Å². The highest BCUT2D eigenvalue weighted by atomic mass is 32.1. The quantitative estimate of drug-likeness (QED) is 0.189. The van der Waals surface area contributed by atoms with Gasteiger partial charge in [0.2, 0.25) is 0 Å². The van der Waals surface area contributed by atoms with Crippen LogP contribution in [0, 0.1) is 4.64 Å². The zero-order valence-corrected chi connectivity index (χ0v) is 22.1. The second-order valence-corrected chi connectivity index (χ2v) is 9.32. The highest BCUT2D eigenvalue weighted by Gasteiger charge is 2.52. The molecule has 11 nitrogen and oxygen atoms in total. The summed E-state index contributed by atoms with van der Waals surface area (Å²) >= 11 is 4.99. The molecule has 0 amide bonds. The zero-order valence-electron chi connectivity index (χ0n) is 21.3. The largest absolute Gasteiger partial charge is 0.459 e. The van der Waals surface area contributed by atoms with E-state index in [4.69, 9.17) is 31.2 Å². The van der Waals surface area contributed by atoms with Gasteiger partial charge in [0.1, 0.15) is 17.4 Å². The minimum absolute atomic E-state index is 0.0717. The number of aromatic nitrogens is 3. The maximum atomic E-state index is 13.1. The number of nitrogens with zero attached hydrogens (tertiary/aromatic N) is 2. The Morgan fingerprint density at radius 1 is 0.780 bits per heavy atom. The number of benzene rings is 3. The summed E-state index contributed by atoms with van der Waals surface area (Å²) in [5, 5.41) is 4.04. The lowest BCUT2D eigenvalue weighted by atomic mass is 10.1. The zero-order chi connectivity index (χ0) is 28.8. The molecule has 0 spiro atoms. The van der Waals surface area contributed by atoms with E-state index < -0.39 is 54.7 Å². The fourth-order valence-electron chi connectivity index (χ4n) is 4.20. The van der Waals surface area contributed by atoms with Gasteiger partial charge < -0.3 is 18.9 Å². The van der Waals surface area contributed by atoms with Crippen molar-refractivity contribution in [2.24, 2.45) is 0 Å². The summed E-state index contributed by atoms with van der Waals surface area (Å²) in [6, 6.07) is 24.5. The van der Waals surface area contributed by atoms with Gasteiger partial charge in [0.05, 0.1) is 22.9 Å². The first-order valence-corrected chi connectivity index (χ1v) is 12.9. The van der Waals surface area contributed by atoms with Crippen molar-refractivity contribution in [3.8, 4) is 0 Å². The Labute approximate surface area is 238 Å². The molecule has 1 saturated heterocycles. The topological polar surface area (TPSA) is 139 Å². The number of carbonyl (C=O) groups is 3. The Bertz CT molecular complexity index is 1640. The van der Waals surface area contributed by atoms with E-state index in [1.54, 1.807) is 91.0 Å². The van der Waals surface area contributed by atoms with Crippen LogP contribution in [-0.2, 0) is 18.9 Å². The number of carbonyl (C=O) groups excluding carboxylic acids is 3. The Hall–Kier alpha value is -4.94. The molecular formula is C29H23N3O8S. The van der Waals surface area contributed by atoms with Gasteiger partial charge in [0.25, 0.3) is 0 Å². The van der Waals surface area contributed by atoms with Crippen LogP contribution in [0.2, 0.25) is 0 Å². The van der Waals surface area contributed by atoms with E-state index in [2.05, 4.69) is 10.1 Å². The third-order valence-electron chi connectivity index (χ3n) is 6.16. The molecule has 0 bridgehead atoms. The average Bonchev–Trinajstić information content (AvgIpc) is 3.33. The summed E-state index contributed by atoms with van der Waals surface area (Å²) in [5.41, 5.74) is -0.0203. The van der Waals surface area contributed by atoms with Gasteiger partial charge in [-0.05, 0) is 36.4 Å². The highest BCUT2D eigenvalue weighted by molar-refractivity contribution is 7.71. The third kappa shape index (κ3) is 6.45. The van der Waals surface area contributed by atoms with Crippen molar-refractivity contribution in [2.45, 2.75) is 24.5 Å². The van der Waals surface area contributed by atoms with Crippen molar-refractivity contribution in [1.82, 2.24) is 14.8 Å². The van der Waals surface area contributed by atoms with Crippen LogP contribution in [0.5, 0.6) is 0 Å². The molecule has 5 rings (SSSR count). The monoisotopic (exact) mass is 573 g/mol. The molecule has 208 valence electrons. The van der Waals surface area contributed by atoms with Crippen molar-refractivity contribution in [3.05, 3.63) is 129 Å². The smallest absolute Gasteiger partial charge is 0.345 e. The van der Waals surface area contributed by atoms with Gasteiger partial charge in [-0.1, -0.05) is 66.8 Å². The first-order chi connectivity index (χ1) is 19.9. The van der Waals surface area contributed by atoms with Gasteiger partial charge in [-0.3, -0.25) is 4.98 Å². The molecule has 1 aliphatic heterocycles. The number of ether oxygens (including phenoxy) is 4. The van der Waals surface area contributed by atoms with Crippen LogP contribution >= 0.6 is 12.2 Å². The van der Waals surface area contributed by atoms with Crippen LogP contribution < -0.4 is 5.69 Å². The van der Waals surface area contributed by atoms with E-state index >= 15 is 0 Å². The molecule has 0 aliphatic carbocycles. The lowest BCUT2D eigenvalue weighted by Gasteiger charge is -2.24. The second-order valence-electron chi connectivity index (χ2n) is 8.89. The number of nitrogens with one attached hydrogen (secondary N) is 1. The molecule has 12 heteroatoms. The minimum atomic E-state index is -1.37. The molecule has 4 atom stereocenters. The van der Waals surface area contributed by atoms with Crippen molar-refractivity contribution >= 4 is 30.1 Å². The lowest BCUT2D eigenvalue weighted by molar-refractivity contribution is -0.0699. The van der Waals surface area contributed by atoms with Crippen LogP contribution in [0.1, 0.15) is 37.3 Å². The molecule has 41 heavy (non-hydrogen) atoms. The van der Waals surface area contributed by atoms with Crippen LogP contribution in [0.15, 0.2) is 102 Å². The Balaban J connectivity index is 1.50. The minimum Gasteiger partial charge on any atom is -0.459 e. The van der Waals surface area contributed by atoms with Gasteiger partial charge in [-0.25, -0.2) is 19.2 Å². The lowest BCUT2D eigenvalue weighted by Crippen LogP contribution is -2.43. The van der Waals surface area contributed by atoms with Gasteiger partial charge in [-0.2, -0.15) is 9.78 Å². The summed E-state index contributed by atoms with van der Waals surface area (Å²) in [6.45, 7) is -0.395. The van der Waals surface area contributed by atoms with Gasteiger partial charge in [-0.15, -0.1) is 0 Å². The summed E-state index contributed by atoms with van der Waals surface area (Å²) in [5.74, 6) is -2.15. The van der Waals surface area contributed by atoms with Crippen molar-refractivity contribution in [1.29, 1.82) is 0 Å². The average molecular weight is 574 g/mol. The number of hydrogen-bond donors (Lipinski definition) is 1. The Morgan fingerprint density at radius 2 is 1.27 bits per heavy atom. The van der Waals surface area contributed by atoms with E-state index in [9.17, 15) is 19.2 Å². The molecule has 0 radical (unpaired) electrons. The fraction of sp³-hybridized carbons (Fsp3) is 0.172. The van der Waals surface area contributed by atoms with Crippen LogP contribution in [-0.4, -0.2) is 57.6 Å². The molecule has 1 N–H and O–H groups in total. The SMILES string of the molecule is O=C(OC[C@H]1O[C@@H](n2ncc(=S)[nH]c2=O)[C@@H](OC(=O)c2ccccc2)[C@@H]1OC(=O)c1ccccc1)c1ccccc1. The predicted molar refractivity (Wildman–Crippen MR) is 146 cm³/mol. The summed E-state index contributed by atoms with van der Waals surface area (Å²) in [7, 11) is 0. The van der Waals surface area contributed by atoms with Crippen LogP contribution in [0.25, 0.3) is 0 Å². The van der Waals surface area contributed by atoms with Gasteiger partial charge in [0.15, 0.2) is 18.4 Å². The number of hydrogen-bond acceptors (Lipinski definition) is 10. The number of H-pyrrole nitrogens is 1. The number of rotatable bonds is 8. The number of aromatic amines is 1. The van der Waals surface area contributed by atoms with Gasteiger partial charge in [0, 0.05) is 0 Å². The first kappa shape index (κ1) is 27.6. The molecule has 4 aromatic rings. The van der Waals surface area contributed by atoms with Crippen LogP contribution in [0.3, 0.4) is 0 Å². The number of esters is 3. The Morgan fingerprint density at radius 3 is 1.78 bits per heavy atom. The molecule has 0 saturated carbocycles. The Kier molecular flexibility index (Phi) is 8.42. The molecule has 0 unspecified atom stereocenters. The van der Waals surface area contributed by atoms with E-state index in [1.807, 2.05) is 0 Å². The molecule has 2 heterocycles. The van der Waals surface area contributed by atoms with E-state index in [1.165, 1.54) is 6.20 Å². The van der Waals surface area contributed by atoms with E-state index in [0.717, 1.165) is 4.68 Å². The second kappa shape index (κ2) is 12.5. The molecule has 1 aromatic heterocycles. The van der Waals surface area contributed by atoms with E-state index in [0.29, 0.717) is 5.56 Å². The molecular weight excluding hydrogens is 550 g/mol. The van der Waals surface area contributed by atoms with Crippen molar-refractivity contribution < 1.29 is 33.3 Å². The van der Waals surface area contributed by atoms with E-state index in [-0.39, 0.29) is 15.8 Å². The van der Waals surface area contributed by atoms with Crippen LogP contribution in [0.4, 0.5) is 0 Å². The third-order valence-corrected chi connectivity index (χ3v) is 6.37. The standard InChI is InChI=1S/C29H23N3O8S/c33-26(18-10-4-1-5-11-18)37-17-21-23(39-27(34)19-12-6-2-7-13-19)24(40-28(35)20-14-8-3-9-15-20)25(38-21)32-29(36)31-22(41)16-30-32/h1-16,21,23-25H,17H2,(H,31,36,41)/t21-,23-,24+,25-/m1/s1. The van der Waals surface area contributed by atoms with Crippen molar-refractivity contribution in [2.75, 3.05) is 6.61 Å². The molecule has 1 fully saturated rings. The maximum absolute atomic E-state index is 13.1. The summed E-state index contributed by atoms with van der Waals surface area (Å²) < 4.78 is 24.1. The maximum Gasteiger partial charge on any atom is 0.345 e. The highest BCUT2D eigenvalue weighted by Crippen LogP contribution is 2.34. The summed E-state index contributed by atoms with van der Waals surface area (Å²) in [4.78, 5) is 54.2. The predicted octanol–water partition coefficient (Wildman–Crippen LogP) is 3.51. The molecule has 1 aliphatic rings. The van der Waals surface area contributed by atoms with Crippen molar-refractivity contribution in [3.63, 3.8) is 0 Å².